The van der Waals surface area contributed by atoms with E-state index < -0.39 is 10.0 Å². The van der Waals surface area contributed by atoms with Crippen LogP contribution in [0, 0.1) is 6.92 Å². The molecule has 0 radical (unpaired) electrons. The molecule has 9 heteroatoms. The number of aromatic nitrogens is 1. The molecule has 0 saturated heterocycles. The maximum Gasteiger partial charge on any atom is 0.323 e. The SMILES string of the molecule is CNS(=O)(=O)c1sc(N(C)C(=O)NCc2cccc(-c3ccccc3)c2)nc1C. The summed E-state index contributed by atoms with van der Waals surface area (Å²) in [5.74, 6) is 0. The normalized spacial score (nSPS) is 11.3. The van der Waals surface area contributed by atoms with Crippen molar-refractivity contribution in [3.05, 3.63) is 65.9 Å². The number of urea groups is 1. The highest BCUT2D eigenvalue weighted by molar-refractivity contribution is 7.91. The second-order valence-corrected chi connectivity index (χ2v) is 9.42. The van der Waals surface area contributed by atoms with Gasteiger partial charge in [0.2, 0.25) is 0 Å². The van der Waals surface area contributed by atoms with Crippen LogP contribution in [0.15, 0.2) is 58.8 Å². The molecule has 7 nitrogen and oxygen atoms in total. The maximum atomic E-state index is 12.5. The highest BCUT2D eigenvalue weighted by Gasteiger charge is 2.23. The first kappa shape index (κ1) is 21.0. The van der Waals surface area contributed by atoms with Gasteiger partial charge in [-0.05, 0) is 36.7 Å². The van der Waals surface area contributed by atoms with E-state index >= 15 is 0 Å². The zero-order valence-corrected chi connectivity index (χ0v) is 18.0. The molecule has 1 heterocycles. The van der Waals surface area contributed by atoms with Gasteiger partial charge in [-0.15, -0.1) is 0 Å². The molecule has 152 valence electrons. The van der Waals surface area contributed by atoms with Gasteiger partial charge in [-0.3, -0.25) is 4.90 Å². The number of hydrogen-bond acceptors (Lipinski definition) is 5. The van der Waals surface area contributed by atoms with E-state index in [4.69, 9.17) is 0 Å². The Balaban J connectivity index is 1.69. The van der Waals surface area contributed by atoms with Crippen molar-refractivity contribution in [3.8, 4) is 11.1 Å². The third-order valence-electron chi connectivity index (χ3n) is 4.32. The molecule has 0 fully saturated rings. The summed E-state index contributed by atoms with van der Waals surface area (Å²) in [5, 5.41) is 3.16. The molecular formula is C20H22N4O3S2. The molecule has 29 heavy (non-hydrogen) atoms. The number of anilines is 1. The van der Waals surface area contributed by atoms with Crippen LogP contribution in [0.1, 0.15) is 11.3 Å². The van der Waals surface area contributed by atoms with Gasteiger partial charge in [-0.2, -0.15) is 0 Å². The number of rotatable bonds is 6. The molecule has 2 amide bonds. The number of hydrogen-bond donors (Lipinski definition) is 2. The lowest BCUT2D eigenvalue weighted by Gasteiger charge is -2.15. The second kappa shape index (κ2) is 8.73. The number of nitrogens with one attached hydrogen (secondary N) is 2. The lowest BCUT2D eigenvalue weighted by atomic mass is 10.0. The Morgan fingerprint density at radius 2 is 1.79 bits per heavy atom. The van der Waals surface area contributed by atoms with Gasteiger partial charge in [0.1, 0.15) is 0 Å². The van der Waals surface area contributed by atoms with Gasteiger partial charge in [0.25, 0.3) is 10.0 Å². The van der Waals surface area contributed by atoms with Crippen LogP contribution in [0.3, 0.4) is 0 Å². The Morgan fingerprint density at radius 3 is 2.48 bits per heavy atom. The fourth-order valence-electron chi connectivity index (χ4n) is 2.73. The third kappa shape index (κ3) is 4.81. The van der Waals surface area contributed by atoms with Crippen molar-refractivity contribution in [3.63, 3.8) is 0 Å². The number of aryl methyl sites for hydroxylation is 1. The van der Waals surface area contributed by atoms with E-state index in [2.05, 4.69) is 15.0 Å². The Hall–Kier alpha value is -2.75. The van der Waals surface area contributed by atoms with Crippen molar-refractivity contribution in [2.45, 2.75) is 17.7 Å². The van der Waals surface area contributed by atoms with Crippen LogP contribution >= 0.6 is 11.3 Å². The highest BCUT2D eigenvalue weighted by atomic mass is 32.2. The maximum absolute atomic E-state index is 12.5. The minimum Gasteiger partial charge on any atom is -0.334 e. The van der Waals surface area contributed by atoms with Crippen molar-refractivity contribution >= 4 is 32.5 Å². The fourth-order valence-corrected chi connectivity index (χ4v) is 5.02. The molecule has 0 atom stereocenters. The molecule has 0 spiro atoms. The first-order valence-electron chi connectivity index (χ1n) is 8.88. The summed E-state index contributed by atoms with van der Waals surface area (Å²) in [7, 11) is -0.705. The standard InChI is InChI=1S/C20H22N4O3S2/c1-14-18(29(26,27)21-2)28-20(23-14)24(3)19(25)22-13-15-8-7-11-17(12-15)16-9-5-4-6-10-16/h4-12,21H,13H2,1-3H3,(H,22,25). The summed E-state index contributed by atoms with van der Waals surface area (Å²) < 4.78 is 26.4. The first-order valence-corrected chi connectivity index (χ1v) is 11.2. The summed E-state index contributed by atoms with van der Waals surface area (Å²) >= 11 is 0.952. The Bertz CT molecular complexity index is 1110. The molecular weight excluding hydrogens is 408 g/mol. The van der Waals surface area contributed by atoms with Crippen molar-refractivity contribution < 1.29 is 13.2 Å². The topological polar surface area (TPSA) is 91.4 Å². The number of sulfonamides is 1. The van der Waals surface area contributed by atoms with E-state index in [9.17, 15) is 13.2 Å². The molecule has 2 N–H and O–H groups in total. The first-order chi connectivity index (χ1) is 13.8. The van der Waals surface area contributed by atoms with Crippen LogP contribution in [-0.2, 0) is 16.6 Å². The molecule has 3 rings (SSSR count). The Labute approximate surface area is 174 Å². The molecule has 0 unspecified atom stereocenters. The van der Waals surface area contributed by atoms with Gasteiger partial charge in [0, 0.05) is 13.6 Å². The molecule has 0 saturated carbocycles. The van der Waals surface area contributed by atoms with Crippen LogP contribution in [0.25, 0.3) is 11.1 Å². The van der Waals surface area contributed by atoms with Gasteiger partial charge in [0.15, 0.2) is 9.34 Å². The van der Waals surface area contributed by atoms with E-state index in [0.717, 1.165) is 28.0 Å². The number of nitrogens with zero attached hydrogens (tertiary/aromatic N) is 2. The number of benzene rings is 2. The van der Waals surface area contributed by atoms with Crippen LogP contribution < -0.4 is 14.9 Å². The Morgan fingerprint density at radius 1 is 1.10 bits per heavy atom. The van der Waals surface area contributed by atoms with E-state index in [1.54, 1.807) is 14.0 Å². The van der Waals surface area contributed by atoms with Gasteiger partial charge >= 0.3 is 6.03 Å². The summed E-state index contributed by atoms with van der Waals surface area (Å²) in [6.07, 6.45) is 0. The van der Waals surface area contributed by atoms with E-state index in [-0.39, 0.29) is 10.2 Å². The number of carbonyl (C=O) groups excluding carboxylic acids is 1. The van der Waals surface area contributed by atoms with Gasteiger partial charge in [0.05, 0.1) is 5.69 Å². The lowest BCUT2D eigenvalue weighted by Crippen LogP contribution is -2.36. The van der Waals surface area contributed by atoms with Crippen molar-refractivity contribution in [2.75, 3.05) is 19.0 Å². The summed E-state index contributed by atoms with van der Waals surface area (Å²) in [6, 6.07) is 17.6. The van der Waals surface area contributed by atoms with Crippen LogP contribution in [-0.4, -0.2) is 33.5 Å². The number of thiazole rings is 1. The molecule has 0 aliphatic carbocycles. The largest absolute Gasteiger partial charge is 0.334 e. The van der Waals surface area contributed by atoms with Gasteiger partial charge in [-0.25, -0.2) is 22.9 Å². The molecule has 0 aliphatic heterocycles. The van der Waals surface area contributed by atoms with Crippen LogP contribution in [0.4, 0.5) is 9.93 Å². The summed E-state index contributed by atoms with van der Waals surface area (Å²) in [6.45, 7) is 1.95. The van der Waals surface area contributed by atoms with Crippen molar-refractivity contribution in [1.82, 2.24) is 15.0 Å². The number of amides is 2. The van der Waals surface area contributed by atoms with E-state index in [1.165, 1.54) is 11.9 Å². The third-order valence-corrected chi connectivity index (χ3v) is 7.58. The van der Waals surface area contributed by atoms with Crippen molar-refractivity contribution in [2.24, 2.45) is 0 Å². The van der Waals surface area contributed by atoms with Gasteiger partial charge < -0.3 is 5.32 Å². The van der Waals surface area contributed by atoms with Crippen LogP contribution in [0.2, 0.25) is 0 Å². The molecule has 2 aromatic carbocycles. The summed E-state index contributed by atoms with van der Waals surface area (Å²) in [4.78, 5) is 18.1. The van der Waals surface area contributed by atoms with Gasteiger partial charge in [-0.1, -0.05) is 59.9 Å². The van der Waals surface area contributed by atoms with E-state index in [0.29, 0.717) is 17.4 Å². The Kier molecular flexibility index (Phi) is 6.31. The quantitative estimate of drug-likeness (QED) is 0.627. The zero-order chi connectivity index (χ0) is 21.0. The van der Waals surface area contributed by atoms with Crippen LogP contribution in [0.5, 0.6) is 0 Å². The fraction of sp³-hybridized carbons (Fsp3) is 0.200. The summed E-state index contributed by atoms with van der Waals surface area (Å²) in [5.41, 5.74) is 3.49. The average Bonchev–Trinajstić information content (AvgIpc) is 3.14. The molecule has 0 bridgehead atoms. The highest BCUT2D eigenvalue weighted by Crippen LogP contribution is 2.29. The van der Waals surface area contributed by atoms with E-state index in [1.807, 2.05) is 54.6 Å². The zero-order valence-electron chi connectivity index (χ0n) is 16.3. The second-order valence-electron chi connectivity index (χ2n) is 6.36. The minimum absolute atomic E-state index is 0.102. The number of carbonyl (C=O) groups is 1. The molecule has 0 aliphatic rings. The minimum atomic E-state index is -3.61. The molecule has 3 aromatic rings. The smallest absolute Gasteiger partial charge is 0.323 e. The average molecular weight is 431 g/mol. The lowest BCUT2D eigenvalue weighted by molar-refractivity contribution is 0.247. The predicted octanol–water partition coefficient (Wildman–Crippen LogP) is 3.37. The van der Waals surface area contributed by atoms with Crippen molar-refractivity contribution in [1.29, 1.82) is 0 Å². The predicted molar refractivity (Wildman–Crippen MR) is 116 cm³/mol. The monoisotopic (exact) mass is 430 g/mol. The molecule has 1 aromatic heterocycles.